The quantitative estimate of drug-likeness (QED) is 0.601. The van der Waals surface area contributed by atoms with Crippen LogP contribution in [0.25, 0.3) is 10.9 Å². The molecule has 0 N–H and O–H groups in total. The summed E-state index contributed by atoms with van der Waals surface area (Å²) in [6.07, 6.45) is 0. The van der Waals surface area contributed by atoms with Crippen LogP contribution in [0, 0.1) is 0 Å². The van der Waals surface area contributed by atoms with Gasteiger partial charge in [-0.3, -0.25) is 0 Å². The van der Waals surface area contributed by atoms with Gasteiger partial charge < -0.3 is 4.90 Å². The standard InChI is InChI=1S/C18H23NSi/c1-3-19(4-2)17(15-11-7-5-8-12-15)18(20)16-13-9-6-10-14-16/h5-14H,3-4H2,1-2,20H3. The lowest BCUT2D eigenvalue weighted by Gasteiger charge is -2.27. The van der Waals surface area contributed by atoms with Crippen LogP contribution in [-0.2, 0) is 0 Å². The Morgan fingerprint density at radius 3 is 1.70 bits per heavy atom. The average Bonchev–Trinajstić information content (AvgIpc) is 2.53. The van der Waals surface area contributed by atoms with Gasteiger partial charge in [0.05, 0.1) is 0 Å². The number of hydrogen-bond donors (Lipinski definition) is 0. The van der Waals surface area contributed by atoms with Gasteiger partial charge in [0.15, 0.2) is 0 Å². The summed E-state index contributed by atoms with van der Waals surface area (Å²) in [7, 11) is 1.04. The maximum absolute atomic E-state index is 2.46. The van der Waals surface area contributed by atoms with E-state index in [9.17, 15) is 0 Å². The van der Waals surface area contributed by atoms with Crippen molar-refractivity contribution in [1.29, 1.82) is 0 Å². The van der Waals surface area contributed by atoms with E-state index in [0.717, 1.165) is 23.3 Å². The molecule has 1 nitrogen and oxygen atoms in total. The van der Waals surface area contributed by atoms with Crippen LogP contribution in [0.2, 0.25) is 0 Å². The van der Waals surface area contributed by atoms with Crippen LogP contribution in [0.1, 0.15) is 25.0 Å². The van der Waals surface area contributed by atoms with Crippen LogP contribution in [0.3, 0.4) is 0 Å². The zero-order valence-corrected chi connectivity index (χ0v) is 14.6. The van der Waals surface area contributed by atoms with E-state index >= 15 is 0 Å². The summed E-state index contributed by atoms with van der Waals surface area (Å²) in [5, 5.41) is 1.47. The van der Waals surface area contributed by atoms with Crippen LogP contribution in [-0.4, -0.2) is 28.2 Å². The van der Waals surface area contributed by atoms with Crippen molar-refractivity contribution < 1.29 is 0 Å². The summed E-state index contributed by atoms with van der Waals surface area (Å²) in [5.74, 6) is 0. The van der Waals surface area contributed by atoms with Crippen molar-refractivity contribution in [2.45, 2.75) is 13.8 Å². The summed E-state index contributed by atoms with van der Waals surface area (Å²) < 4.78 is 0. The predicted molar refractivity (Wildman–Crippen MR) is 92.6 cm³/mol. The molecule has 0 fully saturated rings. The van der Waals surface area contributed by atoms with E-state index in [2.05, 4.69) is 79.4 Å². The van der Waals surface area contributed by atoms with Crippen molar-refractivity contribution >= 4 is 21.1 Å². The molecule has 0 aromatic heterocycles. The third-order valence-electron chi connectivity index (χ3n) is 3.69. The predicted octanol–water partition coefficient (Wildman–Crippen LogP) is 3.22. The van der Waals surface area contributed by atoms with Crippen molar-refractivity contribution in [3.8, 4) is 0 Å². The van der Waals surface area contributed by atoms with Crippen molar-refractivity contribution in [2.24, 2.45) is 0 Å². The monoisotopic (exact) mass is 281 g/mol. The van der Waals surface area contributed by atoms with Gasteiger partial charge in [0, 0.05) is 29.0 Å². The van der Waals surface area contributed by atoms with Gasteiger partial charge in [0.25, 0.3) is 0 Å². The van der Waals surface area contributed by atoms with Crippen molar-refractivity contribution in [3.05, 3.63) is 71.8 Å². The van der Waals surface area contributed by atoms with Crippen molar-refractivity contribution in [3.63, 3.8) is 0 Å². The zero-order chi connectivity index (χ0) is 14.4. The molecule has 0 bridgehead atoms. The minimum Gasteiger partial charge on any atom is -0.372 e. The Bertz CT molecular complexity index is 556. The van der Waals surface area contributed by atoms with Gasteiger partial charge in [0.1, 0.15) is 0 Å². The second kappa shape index (κ2) is 7.11. The maximum Gasteiger partial charge on any atom is 0.0427 e. The lowest BCUT2D eigenvalue weighted by molar-refractivity contribution is 0.443. The van der Waals surface area contributed by atoms with E-state index in [1.54, 1.807) is 0 Å². The Labute approximate surface area is 125 Å². The highest BCUT2D eigenvalue weighted by atomic mass is 28.1. The number of rotatable bonds is 5. The fourth-order valence-electron chi connectivity index (χ4n) is 2.60. The van der Waals surface area contributed by atoms with Gasteiger partial charge in [-0.25, -0.2) is 0 Å². The molecule has 2 rings (SSSR count). The van der Waals surface area contributed by atoms with Gasteiger partial charge in [-0.15, -0.1) is 0 Å². The van der Waals surface area contributed by atoms with E-state index in [-0.39, 0.29) is 0 Å². The third-order valence-corrected chi connectivity index (χ3v) is 4.74. The third kappa shape index (κ3) is 3.20. The fourth-order valence-corrected chi connectivity index (χ4v) is 3.54. The molecule has 0 aliphatic heterocycles. The van der Waals surface area contributed by atoms with E-state index in [4.69, 9.17) is 0 Å². The molecule has 0 saturated carbocycles. The first-order valence-corrected chi connectivity index (χ1v) is 8.34. The molecule has 0 heterocycles. The summed E-state index contributed by atoms with van der Waals surface area (Å²) >= 11 is 0. The summed E-state index contributed by atoms with van der Waals surface area (Å²) in [5.41, 5.74) is 4.07. The largest absolute Gasteiger partial charge is 0.372 e. The van der Waals surface area contributed by atoms with Crippen molar-refractivity contribution in [2.75, 3.05) is 13.1 Å². The minimum absolute atomic E-state index is 1.04. The highest BCUT2D eigenvalue weighted by molar-refractivity contribution is 6.46. The Morgan fingerprint density at radius 1 is 0.800 bits per heavy atom. The zero-order valence-electron chi connectivity index (χ0n) is 12.6. The smallest absolute Gasteiger partial charge is 0.0427 e. The molecule has 2 aromatic carbocycles. The molecule has 0 amide bonds. The Balaban J connectivity index is 2.57. The molecule has 0 radical (unpaired) electrons. The molecule has 0 atom stereocenters. The highest BCUT2D eigenvalue weighted by Crippen LogP contribution is 2.27. The first kappa shape index (κ1) is 14.6. The Morgan fingerprint density at radius 2 is 1.25 bits per heavy atom. The van der Waals surface area contributed by atoms with Crippen LogP contribution in [0.15, 0.2) is 60.7 Å². The van der Waals surface area contributed by atoms with Gasteiger partial charge in [-0.2, -0.15) is 0 Å². The maximum atomic E-state index is 2.46. The van der Waals surface area contributed by atoms with Gasteiger partial charge in [0.2, 0.25) is 0 Å². The average molecular weight is 281 g/mol. The molecule has 0 spiro atoms. The Kier molecular flexibility index (Phi) is 5.19. The molecule has 0 saturated heterocycles. The molecule has 0 unspecified atom stereocenters. The lowest BCUT2D eigenvalue weighted by Crippen LogP contribution is -2.22. The summed E-state index contributed by atoms with van der Waals surface area (Å²) in [6.45, 7) is 6.54. The van der Waals surface area contributed by atoms with Crippen LogP contribution in [0.4, 0.5) is 0 Å². The molecular formula is C18H23NSi. The molecule has 0 aliphatic carbocycles. The number of nitrogens with zero attached hydrogens (tertiary/aromatic N) is 1. The summed E-state index contributed by atoms with van der Waals surface area (Å²) in [4.78, 5) is 2.46. The molecule has 20 heavy (non-hydrogen) atoms. The molecule has 104 valence electrons. The van der Waals surface area contributed by atoms with Gasteiger partial charge in [-0.1, -0.05) is 60.7 Å². The Hall–Kier alpha value is -1.80. The van der Waals surface area contributed by atoms with Gasteiger partial charge in [-0.05, 0) is 30.2 Å². The van der Waals surface area contributed by atoms with Crippen LogP contribution < -0.4 is 0 Å². The topological polar surface area (TPSA) is 3.24 Å². The first-order valence-electron chi connectivity index (χ1n) is 7.34. The van der Waals surface area contributed by atoms with Crippen molar-refractivity contribution in [1.82, 2.24) is 4.90 Å². The minimum atomic E-state index is 1.04. The van der Waals surface area contributed by atoms with E-state index in [1.165, 1.54) is 22.0 Å². The first-order chi connectivity index (χ1) is 9.77. The molecular weight excluding hydrogens is 258 g/mol. The lowest BCUT2D eigenvalue weighted by atomic mass is 10.1. The molecule has 2 heteroatoms. The summed E-state index contributed by atoms with van der Waals surface area (Å²) in [6, 6.07) is 21.5. The van der Waals surface area contributed by atoms with E-state index in [0.29, 0.717) is 0 Å². The molecule has 0 aliphatic rings. The number of hydrogen-bond acceptors (Lipinski definition) is 1. The fraction of sp³-hybridized carbons (Fsp3) is 0.222. The van der Waals surface area contributed by atoms with E-state index < -0.39 is 0 Å². The van der Waals surface area contributed by atoms with Gasteiger partial charge >= 0.3 is 0 Å². The normalized spacial score (nSPS) is 12.1. The molecule has 2 aromatic rings. The SMILES string of the molecule is CCN(CC)C(=C([SiH3])c1ccccc1)c1ccccc1. The highest BCUT2D eigenvalue weighted by Gasteiger charge is 2.12. The van der Waals surface area contributed by atoms with Crippen LogP contribution >= 0.6 is 0 Å². The number of benzene rings is 2. The second-order valence-corrected chi connectivity index (χ2v) is 5.88. The van der Waals surface area contributed by atoms with E-state index in [1.807, 2.05) is 0 Å². The second-order valence-electron chi connectivity index (χ2n) is 4.88. The van der Waals surface area contributed by atoms with Crippen LogP contribution in [0.5, 0.6) is 0 Å².